The standard InChI is InChI=1S/C23H26N2/c24-9-23(10-25)7-15(21-17-11-1-2-12(5-11)18(17)21)16(8-23)22-19-13-3-4-14(6-13)20(19)22/h11-14,17-22H,1-8H2/t11-,12+,13-,14+,17+,18-,19+,20-,21?,22?. The maximum atomic E-state index is 9.80. The van der Waals surface area contributed by atoms with Gasteiger partial charge in [-0.3, -0.25) is 0 Å². The Morgan fingerprint density at radius 1 is 0.640 bits per heavy atom. The molecule has 7 rings (SSSR count). The summed E-state index contributed by atoms with van der Waals surface area (Å²) in [7, 11) is 0. The van der Waals surface area contributed by atoms with Crippen molar-refractivity contribution in [3.8, 4) is 12.1 Å². The minimum atomic E-state index is -0.712. The van der Waals surface area contributed by atoms with Crippen LogP contribution in [0.2, 0.25) is 0 Å². The molecule has 0 saturated heterocycles. The Morgan fingerprint density at radius 3 is 1.32 bits per heavy atom. The first-order valence-corrected chi connectivity index (χ1v) is 10.8. The maximum Gasteiger partial charge on any atom is 0.151 e. The van der Waals surface area contributed by atoms with Gasteiger partial charge in [0, 0.05) is 12.8 Å². The summed E-state index contributed by atoms with van der Waals surface area (Å²) >= 11 is 0. The van der Waals surface area contributed by atoms with E-state index in [1.165, 1.54) is 38.5 Å². The van der Waals surface area contributed by atoms with Crippen LogP contribution in [0.4, 0.5) is 0 Å². The summed E-state index contributed by atoms with van der Waals surface area (Å²) in [5.74, 6) is 9.35. The van der Waals surface area contributed by atoms with E-state index >= 15 is 0 Å². The smallest absolute Gasteiger partial charge is 0.151 e. The largest absolute Gasteiger partial charge is 0.197 e. The third-order valence-electron chi connectivity index (χ3n) is 10.1. The first kappa shape index (κ1) is 13.9. The lowest BCUT2D eigenvalue weighted by Gasteiger charge is -2.15. The van der Waals surface area contributed by atoms with Gasteiger partial charge in [-0.2, -0.15) is 10.5 Å². The summed E-state index contributed by atoms with van der Waals surface area (Å²) in [5.41, 5.74) is 2.61. The van der Waals surface area contributed by atoms with Crippen LogP contribution >= 0.6 is 0 Å². The number of hydrogen-bond donors (Lipinski definition) is 0. The van der Waals surface area contributed by atoms with E-state index in [9.17, 15) is 10.5 Å². The monoisotopic (exact) mass is 330 g/mol. The summed E-state index contributed by atoms with van der Waals surface area (Å²) in [4.78, 5) is 0. The van der Waals surface area contributed by atoms with E-state index in [-0.39, 0.29) is 0 Å². The van der Waals surface area contributed by atoms with Gasteiger partial charge < -0.3 is 0 Å². The molecule has 0 aromatic heterocycles. The van der Waals surface area contributed by atoms with Crippen molar-refractivity contribution in [3.63, 3.8) is 0 Å². The summed E-state index contributed by atoms with van der Waals surface area (Å²) in [6.07, 6.45) is 10.5. The normalized spacial score (nSPS) is 58.0. The number of nitrogens with zero attached hydrogens (tertiary/aromatic N) is 2. The van der Waals surface area contributed by atoms with Gasteiger partial charge in [-0.05, 0) is 97.7 Å². The van der Waals surface area contributed by atoms with Gasteiger partial charge in [-0.1, -0.05) is 11.1 Å². The molecule has 128 valence electrons. The molecule has 0 aromatic rings. The molecule has 7 aliphatic carbocycles. The van der Waals surface area contributed by atoms with Gasteiger partial charge in [0.1, 0.15) is 0 Å². The molecule has 2 nitrogen and oxygen atoms in total. The zero-order valence-corrected chi connectivity index (χ0v) is 14.8. The number of fused-ring (bicyclic) bond motifs is 10. The molecular weight excluding hydrogens is 304 g/mol. The molecule has 2 unspecified atom stereocenters. The van der Waals surface area contributed by atoms with Gasteiger partial charge in [0.05, 0.1) is 12.1 Å². The van der Waals surface area contributed by atoms with E-state index in [2.05, 4.69) is 12.1 Å². The van der Waals surface area contributed by atoms with Crippen LogP contribution < -0.4 is 0 Å². The number of hydrogen-bond acceptors (Lipinski definition) is 2. The van der Waals surface area contributed by atoms with Crippen molar-refractivity contribution < 1.29 is 0 Å². The van der Waals surface area contributed by atoms with Crippen LogP contribution in [-0.4, -0.2) is 0 Å². The van der Waals surface area contributed by atoms with Crippen molar-refractivity contribution >= 4 is 0 Å². The summed E-state index contributed by atoms with van der Waals surface area (Å²) in [6.45, 7) is 0. The zero-order valence-electron chi connectivity index (χ0n) is 14.8. The van der Waals surface area contributed by atoms with Gasteiger partial charge in [-0.25, -0.2) is 0 Å². The lowest BCUT2D eigenvalue weighted by molar-refractivity contribution is 0.456. The van der Waals surface area contributed by atoms with Gasteiger partial charge in [0.15, 0.2) is 5.41 Å². The van der Waals surface area contributed by atoms with Crippen molar-refractivity contribution in [2.45, 2.75) is 51.4 Å². The molecule has 6 fully saturated rings. The fraction of sp³-hybridized carbons (Fsp3) is 0.826. The summed E-state index contributed by atoms with van der Waals surface area (Å²) < 4.78 is 0. The highest BCUT2D eigenvalue weighted by Crippen LogP contribution is 2.77. The van der Waals surface area contributed by atoms with Crippen LogP contribution in [0.5, 0.6) is 0 Å². The van der Waals surface area contributed by atoms with Gasteiger partial charge in [0.2, 0.25) is 0 Å². The lowest BCUT2D eigenvalue weighted by Crippen LogP contribution is -2.12. The van der Waals surface area contributed by atoms with Gasteiger partial charge in [-0.15, -0.1) is 0 Å². The van der Waals surface area contributed by atoms with Crippen LogP contribution in [0.1, 0.15) is 51.4 Å². The Labute approximate surface area is 150 Å². The second kappa shape index (κ2) is 4.17. The lowest BCUT2D eigenvalue weighted by atomic mass is 9.85. The molecule has 0 N–H and O–H groups in total. The first-order chi connectivity index (χ1) is 12.2. The Bertz CT molecular complexity index is 696. The van der Waals surface area contributed by atoms with Crippen LogP contribution in [-0.2, 0) is 0 Å². The third-order valence-corrected chi connectivity index (χ3v) is 10.1. The minimum absolute atomic E-state index is 0.712. The average Bonchev–Trinajstić information content (AvgIpc) is 3.18. The Hall–Kier alpha value is -1.28. The average molecular weight is 330 g/mol. The molecule has 0 aliphatic heterocycles. The second-order valence-corrected chi connectivity index (χ2v) is 10.7. The Morgan fingerprint density at radius 2 is 1.00 bits per heavy atom. The molecular formula is C23H26N2. The molecule has 10 atom stereocenters. The zero-order chi connectivity index (χ0) is 16.5. The van der Waals surface area contributed by atoms with Crippen LogP contribution in [0, 0.1) is 87.3 Å². The highest BCUT2D eigenvalue weighted by atomic mass is 14.7. The Kier molecular flexibility index (Phi) is 2.31. The van der Waals surface area contributed by atoms with Crippen molar-refractivity contribution in [1.29, 1.82) is 10.5 Å². The van der Waals surface area contributed by atoms with Crippen LogP contribution in [0.3, 0.4) is 0 Å². The maximum absolute atomic E-state index is 9.80. The van der Waals surface area contributed by atoms with E-state index < -0.39 is 5.41 Å². The minimum Gasteiger partial charge on any atom is -0.197 e. The molecule has 7 aliphatic rings. The van der Waals surface area contributed by atoms with E-state index in [0.29, 0.717) is 0 Å². The highest BCUT2D eigenvalue weighted by Gasteiger charge is 2.70. The van der Waals surface area contributed by atoms with E-state index in [0.717, 1.165) is 72.0 Å². The molecule has 0 radical (unpaired) electrons. The van der Waals surface area contributed by atoms with Crippen molar-refractivity contribution in [1.82, 2.24) is 0 Å². The van der Waals surface area contributed by atoms with Crippen LogP contribution in [0.25, 0.3) is 0 Å². The molecule has 0 amide bonds. The molecule has 4 bridgehead atoms. The molecule has 2 heteroatoms. The van der Waals surface area contributed by atoms with Crippen molar-refractivity contribution in [3.05, 3.63) is 11.1 Å². The van der Waals surface area contributed by atoms with Gasteiger partial charge in [0.25, 0.3) is 0 Å². The van der Waals surface area contributed by atoms with Crippen LogP contribution in [0.15, 0.2) is 11.1 Å². The van der Waals surface area contributed by atoms with Gasteiger partial charge >= 0.3 is 0 Å². The van der Waals surface area contributed by atoms with E-state index in [4.69, 9.17) is 0 Å². The topological polar surface area (TPSA) is 47.6 Å². The van der Waals surface area contributed by atoms with Crippen molar-refractivity contribution in [2.75, 3.05) is 0 Å². The second-order valence-electron chi connectivity index (χ2n) is 10.7. The predicted octanol–water partition coefficient (Wildman–Crippen LogP) is 4.69. The van der Waals surface area contributed by atoms with Crippen molar-refractivity contribution in [2.24, 2.45) is 64.6 Å². The van der Waals surface area contributed by atoms with E-state index in [1.54, 1.807) is 11.1 Å². The number of nitriles is 2. The molecule has 25 heavy (non-hydrogen) atoms. The fourth-order valence-electron chi connectivity index (χ4n) is 9.37. The SMILES string of the molecule is N#CC1(C#N)CC(C2[C@@H]3[C@H]4CC[C@H](C4)[C@H]23)=C(C2[C@@H]3[C@H]4CC[C@H](C4)[C@H]23)C1. The molecule has 6 saturated carbocycles. The van der Waals surface area contributed by atoms with E-state index in [1.807, 2.05) is 0 Å². The number of allylic oxidation sites excluding steroid dienone is 2. The predicted molar refractivity (Wildman–Crippen MR) is 92.5 cm³/mol. The third kappa shape index (κ3) is 1.50. The molecule has 0 heterocycles. The quantitative estimate of drug-likeness (QED) is 0.689. The molecule has 0 aromatic carbocycles. The summed E-state index contributed by atoms with van der Waals surface area (Å²) in [5, 5.41) is 19.6. The fourth-order valence-corrected chi connectivity index (χ4v) is 9.37. The Balaban J connectivity index is 1.27. The summed E-state index contributed by atoms with van der Waals surface area (Å²) in [6, 6.07) is 4.91. The number of rotatable bonds is 2. The molecule has 0 spiro atoms. The highest BCUT2D eigenvalue weighted by molar-refractivity contribution is 5.44. The first-order valence-electron chi connectivity index (χ1n) is 10.8.